The minimum atomic E-state index is -0.588. The number of carbonyl (C=O) groups excluding carboxylic acids is 1. The summed E-state index contributed by atoms with van der Waals surface area (Å²) in [5.74, 6) is -0.139. The predicted octanol–water partition coefficient (Wildman–Crippen LogP) is 2.27. The molecule has 1 amide bonds. The molecule has 0 bridgehead atoms. The van der Waals surface area contributed by atoms with Crippen molar-refractivity contribution in [3.8, 4) is 0 Å². The summed E-state index contributed by atoms with van der Waals surface area (Å²) in [5, 5.41) is 0.923. The molecular weight excluding hydrogens is 312 g/mol. The lowest BCUT2D eigenvalue weighted by molar-refractivity contribution is -0.131. The molecule has 0 N–H and O–H groups in total. The van der Waals surface area contributed by atoms with E-state index >= 15 is 0 Å². The van der Waals surface area contributed by atoms with Gasteiger partial charge in [0.2, 0.25) is 5.91 Å². The molecule has 0 aromatic carbocycles. The molecule has 0 aliphatic heterocycles. The molecular formula is C16H18N4O2S. The average Bonchev–Trinajstić information content (AvgIpc) is 2.85. The number of nitrogens with zero attached hydrogens (tertiary/aromatic N) is 4. The fraction of sp³-hybridized carbons (Fsp3) is 0.375. The van der Waals surface area contributed by atoms with E-state index in [9.17, 15) is 9.59 Å². The fourth-order valence-corrected chi connectivity index (χ4v) is 3.94. The summed E-state index contributed by atoms with van der Waals surface area (Å²) in [7, 11) is 3.34. The van der Waals surface area contributed by atoms with Gasteiger partial charge in [0.05, 0.1) is 11.8 Å². The van der Waals surface area contributed by atoms with E-state index in [1.54, 1.807) is 21.0 Å². The Hall–Kier alpha value is -2.28. The van der Waals surface area contributed by atoms with E-state index in [1.807, 2.05) is 19.9 Å². The highest BCUT2D eigenvalue weighted by molar-refractivity contribution is 7.25. The molecule has 0 spiro atoms. The van der Waals surface area contributed by atoms with Gasteiger partial charge in [-0.15, -0.1) is 11.3 Å². The monoisotopic (exact) mass is 330 g/mol. The quantitative estimate of drug-likeness (QED) is 0.723. The molecule has 120 valence electrons. The van der Waals surface area contributed by atoms with Crippen molar-refractivity contribution >= 4 is 37.7 Å². The van der Waals surface area contributed by atoms with Gasteiger partial charge in [-0.25, -0.2) is 9.97 Å². The number of amides is 1. The van der Waals surface area contributed by atoms with Gasteiger partial charge in [0.15, 0.2) is 0 Å². The molecule has 0 saturated carbocycles. The smallest absolute Gasteiger partial charge is 0.272 e. The van der Waals surface area contributed by atoms with Crippen LogP contribution in [0.4, 0.5) is 0 Å². The van der Waals surface area contributed by atoms with Gasteiger partial charge in [-0.1, -0.05) is 0 Å². The minimum absolute atomic E-state index is 0.139. The van der Waals surface area contributed by atoms with Gasteiger partial charge in [0.1, 0.15) is 15.6 Å². The van der Waals surface area contributed by atoms with Crippen molar-refractivity contribution in [3.63, 3.8) is 0 Å². The Labute approximate surface area is 137 Å². The molecule has 3 aromatic rings. The van der Waals surface area contributed by atoms with Gasteiger partial charge in [0, 0.05) is 25.2 Å². The van der Waals surface area contributed by atoms with Crippen LogP contribution in [0.3, 0.4) is 0 Å². The maximum Gasteiger partial charge on any atom is 0.272 e. The second kappa shape index (κ2) is 5.42. The number of fused-ring (bicyclic) bond motifs is 3. The molecule has 7 heteroatoms. The Bertz CT molecular complexity index is 987. The van der Waals surface area contributed by atoms with E-state index in [0.717, 1.165) is 21.5 Å². The third-order valence-corrected chi connectivity index (χ3v) is 4.98. The van der Waals surface area contributed by atoms with Gasteiger partial charge in [-0.2, -0.15) is 0 Å². The highest BCUT2D eigenvalue weighted by Gasteiger charge is 2.21. The van der Waals surface area contributed by atoms with Gasteiger partial charge >= 0.3 is 0 Å². The second-order valence-corrected chi connectivity index (χ2v) is 6.91. The predicted molar refractivity (Wildman–Crippen MR) is 92.1 cm³/mol. The first-order valence-electron chi connectivity index (χ1n) is 7.30. The molecule has 0 aliphatic rings. The van der Waals surface area contributed by atoms with Crippen LogP contribution in [0, 0.1) is 13.8 Å². The summed E-state index contributed by atoms with van der Waals surface area (Å²) in [5.41, 5.74) is 2.44. The Balaban J connectivity index is 2.28. The Morgan fingerprint density at radius 2 is 2.04 bits per heavy atom. The van der Waals surface area contributed by atoms with Gasteiger partial charge in [0.25, 0.3) is 5.56 Å². The average molecular weight is 330 g/mol. The normalized spacial score (nSPS) is 12.7. The Kier molecular flexibility index (Phi) is 3.68. The van der Waals surface area contributed by atoms with Crippen LogP contribution in [0.2, 0.25) is 0 Å². The third-order valence-electron chi connectivity index (χ3n) is 3.92. The van der Waals surface area contributed by atoms with Crippen molar-refractivity contribution in [2.75, 3.05) is 14.1 Å². The van der Waals surface area contributed by atoms with Crippen LogP contribution in [-0.2, 0) is 4.79 Å². The van der Waals surface area contributed by atoms with E-state index < -0.39 is 6.04 Å². The molecule has 1 atom stereocenters. The molecule has 6 nitrogen and oxygen atoms in total. The number of thiophene rings is 1. The van der Waals surface area contributed by atoms with Crippen molar-refractivity contribution in [1.29, 1.82) is 0 Å². The van der Waals surface area contributed by atoms with E-state index in [1.165, 1.54) is 27.1 Å². The maximum absolute atomic E-state index is 12.8. The fourth-order valence-electron chi connectivity index (χ4n) is 2.75. The number of carbonyl (C=O) groups is 1. The van der Waals surface area contributed by atoms with Crippen molar-refractivity contribution < 1.29 is 4.79 Å². The van der Waals surface area contributed by atoms with E-state index in [2.05, 4.69) is 9.97 Å². The number of aromatic nitrogens is 3. The highest BCUT2D eigenvalue weighted by Crippen LogP contribution is 2.31. The number of rotatable bonds is 2. The first kappa shape index (κ1) is 15.6. The van der Waals surface area contributed by atoms with Crippen molar-refractivity contribution in [3.05, 3.63) is 34.0 Å². The molecule has 3 rings (SSSR count). The summed E-state index contributed by atoms with van der Waals surface area (Å²) >= 11 is 1.34. The van der Waals surface area contributed by atoms with Crippen LogP contribution in [0.5, 0.6) is 0 Å². The number of hydrogen-bond acceptors (Lipinski definition) is 5. The van der Waals surface area contributed by atoms with Crippen molar-refractivity contribution in [2.24, 2.45) is 0 Å². The van der Waals surface area contributed by atoms with E-state index in [4.69, 9.17) is 0 Å². The first-order valence-corrected chi connectivity index (χ1v) is 8.11. The number of pyridine rings is 1. The third kappa shape index (κ3) is 2.41. The molecule has 0 unspecified atom stereocenters. The number of likely N-dealkylation sites (N-methyl/N-ethyl adjacent to an activating group) is 1. The van der Waals surface area contributed by atoms with Crippen LogP contribution in [-0.4, -0.2) is 39.4 Å². The van der Waals surface area contributed by atoms with Crippen LogP contribution in [0.25, 0.3) is 20.4 Å². The van der Waals surface area contributed by atoms with Crippen molar-refractivity contribution in [2.45, 2.75) is 26.8 Å². The lowest BCUT2D eigenvalue weighted by Crippen LogP contribution is -2.35. The van der Waals surface area contributed by atoms with Gasteiger partial charge in [-0.05, 0) is 32.4 Å². The van der Waals surface area contributed by atoms with Crippen LogP contribution in [0.1, 0.15) is 24.2 Å². The zero-order valence-electron chi connectivity index (χ0n) is 13.7. The standard InChI is InChI=1S/C16H18N4O2S/c1-8-6-9(2)18-14-11(8)12-13(23-14)16(22)20(7-17-12)10(3)15(21)19(4)5/h6-7,10H,1-5H3/t10-/m0/s1. The summed E-state index contributed by atoms with van der Waals surface area (Å²) < 4.78 is 1.93. The summed E-state index contributed by atoms with van der Waals surface area (Å²) in [6.07, 6.45) is 1.46. The van der Waals surface area contributed by atoms with Gasteiger partial charge in [-0.3, -0.25) is 14.2 Å². The molecule has 3 aromatic heterocycles. The van der Waals surface area contributed by atoms with E-state index in [-0.39, 0.29) is 11.5 Å². The van der Waals surface area contributed by atoms with Crippen LogP contribution in [0.15, 0.2) is 17.2 Å². The van der Waals surface area contributed by atoms with Crippen molar-refractivity contribution in [1.82, 2.24) is 19.4 Å². The van der Waals surface area contributed by atoms with E-state index in [0.29, 0.717) is 10.2 Å². The highest BCUT2D eigenvalue weighted by atomic mass is 32.1. The SMILES string of the molecule is Cc1cc(C)c2c(n1)sc1c(=O)n([C@@H](C)C(=O)N(C)C)cnc12. The van der Waals surface area contributed by atoms with Gasteiger partial charge < -0.3 is 4.90 Å². The van der Waals surface area contributed by atoms with Crippen LogP contribution >= 0.6 is 11.3 Å². The summed E-state index contributed by atoms with van der Waals surface area (Å²) in [6, 6.07) is 1.40. The zero-order chi connectivity index (χ0) is 16.9. The lowest BCUT2D eigenvalue weighted by atomic mass is 10.1. The zero-order valence-corrected chi connectivity index (χ0v) is 14.6. The molecule has 0 fully saturated rings. The van der Waals surface area contributed by atoms with Crippen LogP contribution < -0.4 is 5.56 Å². The maximum atomic E-state index is 12.8. The molecule has 3 heterocycles. The summed E-state index contributed by atoms with van der Waals surface area (Å²) in [4.78, 5) is 36.2. The second-order valence-electron chi connectivity index (χ2n) is 5.91. The molecule has 23 heavy (non-hydrogen) atoms. The molecule has 0 saturated heterocycles. The first-order chi connectivity index (χ1) is 10.8. The minimum Gasteiger partial charge on any atom is -0.347 e. The number of aryl methyl sites for hydroxylation is 2. The topological polar surface area (TPSA) is 68.1 Å². The molecule has 0 aliphatic carbocycles. The number of hydrogen-bond donors (Lipinski definition) is 0. The summed E-state index contributed by atoms with van der Waals surface area (Å²) in [6.45, 7) is 5.63. The Morgan fingerprint density at radius 3 is 2.70 bits per heavy atom. The molecule has 0 radical (unpaired) electrons. The Morgan fingerprint density at radius 1 is 1.35 bits per heavy atom. The lowest BCUT2D eigenvalue weighted by Gasteiger charge is -2.18. The largest absolute Gasteiger partial charge is 0.347 e.